The molecule has 7 nitrogen and oxygen atoms in total. The van der Waals surface area contributed by atoms with Crippen LogP contribution in [0.25, 0.3) is 11.0 Å². The van der Waals surface area contributed by atoms with Crippen molar-refractivity contribution in [3.8, 4) is 0 Å². The third kappa shape index (κ3) is 2.90. The minimum atomic E-state index is -0.649. The van der Waals surface area contributed by atoms with Crippen molar-refractivity contribution in [2.75, 3.05) is 33.3 Å². The van der Waals surface area contributed by atoms with Crippen LogP contribution in [0.1, 0.15) is 10.4 Å². The van der Waals surface area contributed by atoms with Crippen LogP contribution in [-0.4, -0.2) is 55.1 Å². The fraction of sp³-hybridized carbons (Fsp3) is 0.312. The molecule has 0 atom stereocenters. The second-order valence-corrected chi connectivity index (χ2v) is 5.23. The maximum Gasteiger partial charge on any atom is 0.409 e. The highest BCUT2D eigenvalue weighted by Gasteiger charge is 2.27. The first-order valence-electron chi connectivity index (χ1n) is 7.25. The number of ether oxygens (including phenoxy) is 1. The highest BCUT2D eigenvalue weighted by atomic mass is 16.5. The first kappa shape index (κ1) is 15.1. The van der Waals surface area contributed by atoms with Crippen LogP contribution in [0.2, 0.25) is 0 Å². The predicted octanol–water partition coefficient (Wildman–Crippen LogP) is 1.32. The first-order chi connectivity index (χ1) is 11.1. The standard InChI is InChI=1S/C16H16N2O5/c1-22-16(21)18-8-6-17(7-9-18)14(19)12-10-11-4-2-3-5-13(11)23-15(12)20/h2-5,10H,6-9H2,1H3. The number of carbonyl (C=O) groups excluding carboxylic acids is 2. The van der Waals surface area contributed by atoms with Gasteiger partial charge in [-0.1, -0.05) is 18.2 Å². The largest absolute Gasteiger partial charge is 0.453 e. The van der Waals surface area contributed by atoms with Crippen molar-refractivity contribution < 1.29 is 18.7 Å². The molecule has 1 aliphatic rings. The fourth-order valence-corrected chi connectivity index (χ4v) is 2.60. The van der Waals surface area contributed by atoms with Gasteiger partial charge in [-0.3, -0.25) is 4.79 Å². The Kier molecular flexibility index (Phi) is 4.01. The number of fused-ring (bicyclic) bond motifs is 1. The monoisotopic (exact) mass is 316 g/mol. The van der Waals surface area contributed by atoms with E-state index in [1.807, 2.05) is 6.07 Å². The first-order valence-corrected chi connectivity index (χ1v) is 7.25. The number of amides is 2. The molecule has 0 aliphatic carbocycles. The second-order valence-electron chi connectivity index (χ2n) is 5.23. The summed E-state index contributed by atoms with van der Waals surface area (Å²) in [4.78, 5) is 39.1. The summed E-state index contributed by atoms with van der Waals surface area (Å²) in [5.74, 6) is -0.381. The maximum atomic E-state index is 12.5. The van der Waals surface area contributed by atoms with Gasteiger partial charge in [-0.25, -0.2) is 9.59 Å². The Hall–Kier alpha value is -2.83. The van der Waals surface area contributed by atoms with E-state index < -0.39 is 11.7 Å². The highest BCUT2D eigenvalue weighted by molar-refractivity contribution is 5.96. The number of nitrogens with zero attached hydrogens (tertiary/aromatic N) is 2. The molecule has 0 saturated carbocycles. The molecule has 0 N–H and O–H groups in total. The lowest BCUT2D eigenvalue weighted by Gasteiger charge is -2.33. The lowest BCUT2D eigenvalue weighted by atomic mass is 10.1. The topological polar surface area (TPSA) is 80.1 Å². The molecule has 2 heterocycles. The number of methoxy groups -OCH3 is 1. The van der Waals surface area contributed by atoms with E-state index in [2.05, 4.69) is 4.74 Å². The number of carbonyl (C=O) groups is 2. The van der Waals surface area contributed by atoms with Crippen LogP contribution in [0.5, 0.6) is 0 Å². The summed E-state index contributed by atoms with van der Waals surface area (Å²) in [6.07, 6.45) is -0.415. The van der Waals surface area contributed by atoms with Gasteiger partial charge in [0, 0.05) is 31.6 Å². The van der Waals surface area contributed by atoms with Gasteiger partial charge in [0.1, 0.15) is 11.1 Å². The zero-order chi connectivity index (χ0) is 16.4. The lowest BCUT2D eigenvalue weighted by Crippen LogP contribution is -2.51. The molecule has 7 heteroatoms. The zero-order valence-electron chi connectivity index (χ0n) is 12.7. The van der Waals surface area contributed by atoms with Crippen molar-refractivity contribution in [3.63, 3.8) is 0 Å². The Morgan fingerprint density at radius 1 is 1.09 bits per heavy atom. The lowest BCUT2D eigenvalue weighted by molar-refractivity contribution is 0.0596. The zero-order valence-corrected chi connectivity index (χ0v) is 12.7. The van der Waals surface area contributed by atoms with Gasteiger partial charge < -0.3 is 19.0 Å². The van der Waals surface area contributed by atoms with E-state index in [0.717, 1.165) is 0 Å². The molecule has 1 aliphatic heterocycles. The number of hydrogen-bond acceptors (Lipinski definition) is 5. The average molecular weight is 316 g/mol. The van der Waals surface area contributed by atoms with Crippen LogP contribution in [0.3, 0.4) is 0 Å². The molecule has 23 heavy (non-hydrogen) atoms. The van der Waals surface area contributed by atoms with Crippen molar-refractivity contribution in [2.24, 2.45) is 0 Å². The normalized spacial score (nSPS) is 14.8. The van der Waals surface area contributed by atoms with E-state index in [1.165, 1.54) is 12.0 Å². The molecule has 0 radical (unpaired) electrons. The molecule has 1 saturated heterocycles. The van der Waals surface area contributed by atoms with Gasteiger partial charge in [-0.15, -0.1) is 0 Å². The van der Waals surface area contributed by atoms with Crippen LogP contribution < -0.4 is 5.63 Å². The smallest absolute Gasteiger partial charge is 0.409 e. The van der Waals surface area contributed by atoms with Crippen molar-refractivity contribution in [1.29, 1.82) is 0 Å². The molecular weight excluding hydrogens is 300 g/mol. The molecule has 0 bridgehead atoms. The Morgan fingerprint density at radius 3 is 2.43 bits per heavy atom. The van der Waals surface area contributed by atoms with Gasteiger partial charge in [0.2, 0.25) is 0 Å². The summed E-state index contributed by atoms with van der Waals surface area (Å²) >= 11 is 0. The number of rotatable bonds is 1. The van der Waals surface area contributed by atoms with E-state index in [-0.39, 0.29) is 11.5 Å². The molecular formula is C16H16N2O5. The van der Waals surface area contributed by atoms with E-state index >= 15 is 0 Å². The molecule has 1 aromatic carbocycles. The van der Waals surface area contributed by atoms with Gasteiger partial charge >= 0.3 is 11.7 Å². The van der Waals surface area contributed by atoms with Crippen LogP contribution in [-0.2, 0) is 4.74 Å². The minimum Gasteiger partial charge on any atom is -0.453 e. The minimum absolute atomic E-state index is 0.00946. The van der Waals surface area contributed by atoms with Crippen LogP contribution in [0.4, 0.5) is 4.79 Å². The molecule has 0 unspecified atom stereocenters. The highest BCUT2D eigenvalue weighted by Crippen LogP contribution is 2.14. The molecule has 120 valence electrons. The number of benzene rings is 1. The van der Waals surface area contributed by atoms with E-state index in [0.29, 0.717) is 37.1 Å². The van der Waals surface area contributed by atoms with E-state index in [1.54, 1.807) is 29.2 Å². The van der Waals surface area contributed by atoms with Crippen molar-refractivity contribution in [2.45, 2.75) is 0 Å². The van der Waals surface area contributed by atoms with Gasteiger partial charge in [-0.05, 0) is 12.1 Å². The van der Waals surface area contributed by atoms with Crippen molar-refractivity contribution in [1.82, 2.24) is 9.80 Å². The average Bonchev–Trinajstić information content (AvgIpc) is 2.60. The van der Waals surface area contributed by atoms with Gasteiger partial charge in [0.15, 0.2) is 0 Å². The maximum absolute atomic E-state index is 12.5. The van der Waals surface area contributed by atoms with Crippen LogP contribution >= 0.6 is 0 Å². The molecule has 1 fully saturated rings. The summed E-state index contributed by atoms with van der Waals surface area (Å²) in [7, 11) is 1.32. The summed E-state index contributed by atoms with van der Waals surface area (Å²) in [5, 5.41) is 0.698. The Balaban J connectivity index is 1.80. The summed E-state index contributed by atoms with van der Waals surface area (Å²) in [6.45, 7) is 1.44. The Bertz CT molecular complexity index is 805. The number of para-hydroxylation sites is 1. The Morgan fingerprint density at radius 2 is 1.74 bits per heavy atom. The quantitative estimate of drug-likeness (QED) is 0.741. The molecule has 2 amide bonds. The fourth-order valence-electron chi connectivity index (χ4n) is 2.60. The molecule has 3 rings (SSSR count). The molecule has 1 aromatic heterocycles. The van der Waals surface area contributed by atoms with Crippen molar-refractivity contribution in [3.05, 3.63) is 46.3 Å². The van der Waals surface area contributed by atoms with E-state index in [4.69, 9.17) is 4.42 Å². The Labute approximate surface area is 132 Å². The van der Waals surface area contributed by atoms with Gasteiger partial charge in [-0.2, -0.15) is 0 Å². The van der Waals surface area contributed by atoms with Gasteiger partial charge in [0.25, 0.3) is 5.91 Å². The van der Waals surface area contributed by atoms with Crippen molar-refractivity contribution >= 4 is 23.0 Å². The summed E-state index contributed by atoms with van der Waals surface area (Å²) < 4.78 is 9.85. The SMILES string of the molecule is COC(=O)N1CCN(C(=O)c2cc3ccccc3oc2=O)CC1. The second kappa shape index (κ2) is 6.12. The van der Waals surface area contributed by atoms with Gasteiger partial charge in [0.05, 0.1) is 7.11 Å². The third-order valence-electron chi connectivity index (χ3n) is 3.87. The molecule has 2 aromatic rings. The summed E-state index contributed by atoms with van der Waals surface area (Å²) in [6, 6.07) is 8.59. The third-order valence-corrected chi connectivity index (χ3v) is 3.87. The summed E-state index contributed by atoms with van der Waals surface area (Å²) in [5.41, 5.74) is -0.191. The number of hydrogen-bond donors (Lipinski definition) is 0. The van der Waals surface area contributed by atoms with Crippen LogP contribution in [0, 0.1) is 0 Å². The number of piperazine rings is 1. The van der Waals surface area contributed by atoms with Crippen LogP contribution in [0.15, 0.2) is 39.5 Å². The molecule has 0 spiro atoms. The predicted molar refractivity (Wildman–Crippen MR) is 82.4 cm³/mol. The van der Waals surface area contributed by atoms with E-state index in [9.17, 15) is 14.4 Å².